The van der Waals surface area contributed by atoms with Crippen molar-refractivity contribution in [2.45, 2.75) is 38.0 Å². The van der Waals surface area contributed by atoms with Gasteiger partial charge in [-0.05, 0) is 42.9 Å². The van der Waals surface area contributed by atoms with Crippen molar-refractivity contribution >= 4 is 5.97 Å². The average molecular weight is 358 g/mol. The van der Waals surface area contributed by atoms with E-state index < -0.39 is 23.8 Å². The zero-order chi connectivity index (χ0) is 18.4. The number of benzene rings is 1. The summed E-state index contributed by atoms with van der Waals surface area (Å²) in [5.41, 5.74) is -0.808. The highest BCUT2D eigenvalue weighted by Crippen LogP contribution is 2.35. The number of aliphatic hydroxyl groups is 1. The first-order valence-corrected chi connectivity index (χ1v) is 8.14. The minimum absolute atomic E-state index is 0.0342. The Morgan fingerprint density at radius 1 is 1.36 bits per heavy atom. The van der Waals surface area contributed by atoms with Crippen LogP contribution in [0.1, 0.15) is 31.2 Å². The lowest BCUT2D eigenvalue weighted by Gasteiger charge is -2.15. The van der Waals surface area contributed by atoms with E-state index >= 15 is 0 Å². The Balaban J connectivity index is 1.86. The molecular weight excluding hydrogens is 337 g/mol. The number of rotatable bonds is 7. The molecule has 0 heterocycles. The lowest BCUT2D eigenvalue weighted by Crippen LogP contribution is -2.16. The monoisotopic (exact) mass is 358 g/mol. The minimum atomic E-state index is -4.44. The summed E-state index contributed by atoms with van der Waals surface area (Å²) in [6.07, 6.45) is 0.669. The van der Waals surface area contributed by atoms with E-state index in [1.807, 2.05) is 0 Å². The van der Waals surface area contributed by atoms with E-state index in [-0.39, 0.29) is 30.6 Å². The lowest BCUT2D eigenvalue weighted by atomic mass is 9.92. The van der Waals surface area contributed by atoms with Crippen LogP contribution >= 0.6 is 0 Å². The van der Waals surface area contributed by atoms with Gasteiger partial charge in [-0.25, -0.2) is 0 Å². The predicted octanol–water partition coefficient (Wildman–Crippen LogP) is 3.89. The Labute approximate surface area is 143 Å². The summed E-state index contributed by atoms with van der Waals surface area (Å²) in [5, 5.41) is 18.8. The summed E-state index contributed by atoms with van der Waals surface area (Å²) in [7, 11) is 0. The molecule has 7 heteroatoms. The molecule has 0 aromatic heterocycles. The molecule has 0 spiro atoms. The van der Waals surface area contributed by atoms with E-state index in [1.54, 1.807) is 6.08 Å². The van der Waals surface area contributed by atoms with E-state index in [0.29, 0.717) is 0 Å². The van der Waals surface area contributed by atoms with E-state index in [9.17, 15) is 23.1 Å². The summed E-state index contributed by atoms with van der Waals surface area (Å²) in [4.78, 5) is 10.8. The van der Waals surface area contributed by atoms with Gasteiger partial charge in [0.25, 0.3) is 0 Å². The quantitative estimate of drug-likeness (QED) is 0.726. The van der Waals surface area contributed by atoms with Crippen LogP contribution < -0.4 is 4.74 Å². The Kier molecular flexibility index (Phi) is 6.47. The zero-order valence-electron chi connectivity index (χ0n) is 13.6. The van der Waals surface area contributed by atoms with Crippen LogP contribution in [-0.2, 0) is 11.0 Å². The number of ether oxygens (including phenoxy) is 1. The highest BCUT2D eigenvalue weighted by Gasteiger charge is 2.30. The van der Waals surface area contributed by atoms with Crippen molar-refractivity contribution in [3.05, 3.63) is 42.0 Å². The average Bonchev–Trinajstić information content (AvgIpc) is 2.97. The second kappa shape index (κ2) is 8.38. The molecule has 1 aliphatic carbocycles. The predicted molar refractivity (Wildman–Crippen MR) is 85.2 cm³/mol. The van der Waals surface area contributed by atoms with Crippen molar-refractivity contribution in [1.82, 2.24) is 0 Å². The van der Waals surface area contributed by atoms with Crippen LogP contribution in [-0.4, -0.2) is 28.9 Å². The summed E-state index contributed by atoms with van der Waals surface area (Å²) in [6.45, 7) is -0.172. The molecule has 1 aliphatic rings. The van der Waals surface area contributed by atoms with Gasteiger partial charge in [0, 0.05) is 6.42 Å². The number of halogens is 3. The third-order valence-corrected chi connectivity index (χ3v) is 4.32. The molecule has 0 aliphatic heterocycles. The molecule has 1 fully saturated rings. The number of aliphatic carboxylic acids is 1. The van der Waals surface area contributed by atoms with Crippen molar-refractivity contribution < 1.29 is 32.9 Å². The third kappa shape index (κ3) is 6.08. The number of aliphatic hydroxyl groups excluding tert-OH is 1. The molecule has 2 unspecified atom stereocenters. The van der Waals surface area contributed by atoms with Gasteiger partial charge in [0.05, 0.1) is 5.56 Å². The summed E-state index contributed by atoms with van der Waals surface area (Å²) < 4.78 is 43.1. The van der Waals surface area contributed by atoms with Gasteiger partial charge in [-0.15, -0.1) is 0 Å². The molecule has 1 aromatic rings. The summed E-state index contributed by atoms with van der Waals surface area (Å²) >= 11 is 0. The van der Waals surface area contributed by atoms with Crippen LogP contribution in [0.5, 0.6) is 5.75 Å². The van der Waals surface area contributed by atoms with Gasteiger partial charge in [-0.1, -0.05) is 24.6 Å². The van der Waals surface area contributed by atoms with Gasteiger partial charge in [0.1, 0.15) is 18.5 Å². The molecule has 4 nitrogen and oxygen atoms in total. The van der Waals surface area contributed by atoms with E-state index in [0.717, 1.165) is 31.4 Å². The van der Waals surface area contributed by atoms with Crippen LogP contribution in [0.2, 0.25) is 0 Å². The molecule has 0 amide bonds. The molecule has 2 N–H and O–H groups in total. The number of carbonyl (C=O) groups is 1. The van der Waals surface area contributed by atoms with Gasteiger partial charge in [-0.3, -0.25) is 4.79 Å². The maximum absolute atomic E-state index is 12.6. The van der Waals surface area contributed by atoms with Gasteiger partial charge < -0.3 is 14.9 Å². The third-order valence-electron chi connectivity index (χ3n) is 4.32. The van der Waals surface area contributed by atoms with Gasteiger partial charge in [-0.2, -0.15) is 13.2 Å². The Bertz CT molecular complexity index is 613. The highest BCUT2D eigenvalue weighted by molar-refractivity contribution is 5.67. The van der Waals surface area contributed by atoms with Gasteiger partial charge in [0.2, 0.25) is 0 Å². The number of hydrogen-bond acceptors (Lipinski definition) is 3. The fourth-order valence-corrected chi connectivity index (χ4v) is 3.07. The smallest absolute Gasteiger partial charge is 0.416 e. The second-order valence-electron chi connectivity index (χ2n) is 6.24. The molecule has 0 radical (unpaired) electrons. The first-order valence-electron chi connectivity index (χ1n) is 8.14. The molecule has 1 aromatic carbocycles. The van der Waals surface area contributed by atoms with Gasteiger partial charge >= 0.3 is 12.1 Å². The molecular formula is C18H21F3O4. The Morgan fingerprint density at radius 3 is 2.80 bits per heavy atom. The SMILES string of the molecule is O=C(O)C[C@H]1CCCC1/C=C/C(O)COc1cccc(C(F)(F)F)c1. The van der Waals surface area contributed by atoms with Crippen LogP contribution in [0.15, 0.2) is 36.4 Å². The van der Waals surface area contributed by atoms with Crippen molar-refractivity contribution in [1.29, 1.82) is 0 Å². The minimum Gasteiger partial charge on any atom is -0.491 e. The van der Waals surface area contributed by atoms with E-state index in [1.165, 1.54) is 18.2 Å². The fourth-order valence-electron chi connectivity index (χ4n) is 3.07. The van der Waals surface area contributed by atoms with E-state index in [2.05, 4.69) is 0 Å². The van der Waals surface area contributed by atoms with Crippen molar-refractivity contribution in [2.75, 3.05) is 6.61 Å². The van der Waals surface area contributed by atoms with Crippen molar-refractivity contribution in [3.8, 4) is 5.75 Å². The van der Waals surface area contributed by atoms with Crippen molar-refractivity contribution in [2.24, 2.45) is 11.8 Å². The van der Waals surface area contributed by atoms with Crippen LogP contribution in [0.25, 0.3) is 0 Å². The maximum Gasteiger partial charge on any atom is 0.416 e. The summed E-state index contributed by atoms with van der Waals surface area (Å²) in [6, 6.07) is 4.48. The van der Waals surface area contributed by atoms with Crippen LogP contribution in [0.3, 0.4) is 0 Å². The molecule has 1 saturated carbocycles. The first kappa shape index (κ1) is 19.3. The fraction of sp³-hybridized carbons (Fsp3) is 0.500. The van der Waals surface area contributed by atoms with Crippen LogP contribution in [0.4, 0.5) is 13.2 Å². The molecule has 0 saturated heterocycles. The number of hydrogen-bond donors (Lipinski definition) is 2. The second-order valence-corrected chi connectivity index (χ2v) is 6.24. The molecule has 138 valence electrons. The highest BCUT2D eigenvalue weighted by atomic mass is 19.4. The van der Waals surface area contributed by atoms with Crippen molar-refractivity contribution in [3.63, 3.8) is 0 Å². The number of alkyl halides is 3. The first-order chi connectivity index (χ1) is 11.8. The number of allylic oxidation sites excluding steroid dienone is 1. The molecule has 3 atom stereocenters. The van der Waals surface area contributed by atoms with Gasteiger partial charge in [0.15, 0.2) is 0 Å². The molecule has 2 rings (SSSR count). The standard InChI is InChI=1S/C18H21F3O4/c19-18(20,21)14-5-2-6-16(10-14)25-11-15(22)8-7-12-3-1-4-13(12)9-17(23)24/h2,5-8,10,12-13,15,22H,1,3-4,9,11H2,(H,23,24)/b8-7+/t12?,13-,15?/m1/s1. The normalized spacial score (nSPS) is 22.2. The molecule has 0 bridgehead atoms. The largest absolute Gasteiger partial charge is 0.491 e. The topological polar surface area (TPSA) is 66.8 Å². The van der Waals surface area contributed by atoms with Crippen LogP contribution in [0, 0.1) is 11.8 Å². The number of carboxylic acid groups (broad SMARTS) is 1. The lowest BCUT2D eigenvalue weighted by molar-refractivity contribution is -0.138. The molecule has 25 heavy (non-hydrogen) atoms. The maximum atomic E-state index is 12.6. The number of carboxylic acids is 1. The summed E-state index contributed by atoms with van der Waals surface area (Å²) in [5.74, 6) is -0.643. The Hall–Kier alpha value is -2.02. The zero-order valence-corrected chi connectivity index (χ0v) is 13.6. The Morgan fingerprint density at radius 2 is 2.12 bits per heavy atom. The van der Waals surface area contributed by atoms with E-state index in [4.69, 9.17) is 9.84 Å².